The van der Waals surface area contributed by atoms with Crippen LogP contribution in [0.2, 0.25) is 0 Å². The van der Waals surface area contributed by atoms with Gasteiger partial charge in [0.25, 0.3) is 0 Å². The Morgan fingerprint density at radius 1 is 0.897 bits per heavy atom. The van der Waals surface area contributed by atoms with E-state index < -0.39 is 5.41 Å². The van der Waals surface area contributed by atoms with Crippen LogP contribution in [-0.4, -0.2) is 87.2 Å². The largest absolute Gasteiger partial charge is 0.465 e. The van der Waals surface area contributed by atoms with Crippen molar-refractivity contribution >= 4 is 43.2 Å². The number of rotatable bonds is 6. The number of carbonyl (C=O) groups excluding carboxylic acids is 1. The monoisotopic (exact) mass is 467 g/mol. The van der Waals surface area contributed by atoms with Gasteiger partial charge in [-0.25, -0.2) is 0 Å². The van der Waals surface area contributed by atoms with Gasteiger partial charge in [-0.15, -0.1) is 37.2 Å². The third-order valence-corrected chi connectivity index (χ3v) is 6.01. The number of nitrogens with zero attached hydrogens (tertiary/aromatic N) is 3. The smallest absolute Gasteiger partial charge is 0.316 e. The van der Waals surface area contributed by atoms with Crippen molar-refractivity contribution in [1.82, 2.24) is 14.7 Å². The number of halogens is 3. The van der Waals surface area contributed by atoms with E-state index in [1.165, 1.54) is 0 Å². The minimum atomic E-state index is -0.471. The van der Waals surface area contributed by atoms with E-state index in [0.29, 0.717) is 6.61 Å². The molecule has 0 amide bonds. The molecule has 29 heavy (non-hydrogen) atoms. The van der Waals surface area contributed by atoms with E-state index >= 15 is 0 Å². The molecule has 2 saturated heterocycles. The predicted molar refractivity (Wildman–Crippen MR) is 126 cm³/mol. The Morgan fingerprint density at radius 3 is 2.03 bits per heavy atom. The van der Waals surface area contributed by atoms with Crippen LogP contribution in [0.15, 0.2) is 30.3 Å². The molecule has 168 valence electrons. The molecule has 0 atom stereocenters. The molecule has 2 aliphatic rings. The van der Waals surface area contributed by atoms with Crippen LogP contribution in [0.4, 0.5) is 0 Å². The zero-order valence-electron chi connectivity index (χ0n) is 17.5. The van der Waals surface area contributed by atoms with E-state index in [9.17, 15) is 4.79 Å². The van der Waals surface area contributed by atoms with Gasteiger partial charge in [-0.1, -0.05) is 30.3 Å². The summed E-state index contributed by atoms with van der Waals surface area (Å²) < 4.78 is 5.79. The quantitative estimate of drug-likeness (QED) is 0.473. The number of hydrogen-bond donors (Lipinski definition) is 0. The molecule has 0 unspecified atom stereocenters. The van der Waals surface area contributed by atoms with Gasteiger partial charge in [-0.05, 0) is 52.0 Å². The number of piperazine rings is 1. The summed E-state index contributed by atoms with van der Waals surface area (Å²) >= 11 is 0. The van der Waals surface area contributed by atoms with Crippen LogP contribution in [0.5, 0.6) is 0 Å². The molecule has 0 radical (unpaired) electrons. The first-order valence-corrected chi connectivity index (χ1v) is 9.92. The van der Waals surface area contributed by atoms with Gasteiger partial charge in [0, 0.05) is 32.7 Å². The highest BCUT2D eigenvalue weighted by molar-refractivity contribution is 5.86. The van der Waals surface area contributed by atoms with Gasteiger partial charge in [-0.3, -0.25) is 4.79 Å². The summed E-state index contributed by atoms with van der Waals surface area (Å²) in [5.41, 5.74) is 0.638. The van der Waals surface area contributed by atoms with Crippen molar-refractivity contribution in [3.8, 4) is 0 Å². The van der Waals surface area contributed by atoms with Crippen molar-refractivity contribution in [3.05, 3.63) is 35.9 Å². The Labute approximate surface area is 194 Å². The summed E-state index contributed by atoms with van der Waals surface area (Å²) in [5, 5.41) is 0. The third-order valence-electron chi connectivity index (χ3n) is 6.01. The highest BCUT2D eigenvalue weighted by Crippen LogP contribution is 2.36. The molecule has 0 spiro atoms. The zero-order chi connectivity index (χ0) is 18.4. The van der Waals surface area contributed by atoms with Gasteiger partial charge in [0.2, 0.25) is 0 Å². The maximum Gasteiger partial charge on any atom is 0.316 e. The molecular formula is C21H36Cl3N3O2. The van der Waals surface area contributed by atoms with Crippen molar-refractivity contribution < 1.29 is 9.53 Å². The standard InChI is InChI=1S/C21H33N3O2.3ClH/c1-22-12-9-21(10-13-22,19-7-4-3-5-8-19)20(25)26-18-6-11-24-16-14-23(2)15-17-24;;;/h3-5,7-8H,6,9-18H2,1-2H3;3*1H. The molecule has 0 saturated carbocycles. The summed E-state index contributed by atoms with van der Waals surface area (Å²) in [6.45, 7) is 7.90. The Bertz CT molecular complexity index is 576. The summed E-state index contributed by atoms with van der Waals surface area (Å²) in [6.07, 6.45) is 2.59. The van der Waals surface area contributed by atoms with E-state index in [2.05, 4.69) is 40.9 Å². The molecule has 2 heterocycles. The first-order valence-electron chi connectivity index (χ1n) is 9.92. The van der Waals surface area contributed by atoms with E-state index in [1.54, 1.807) is 0 Å². The Morgan fingerprint density at radius 2 is 1.45 bits per heavy atom. The number of carbonyl (C=O) groups is 1. The summed E-state index contributed by atoms with van der Waals surface area (Å²) in [7, 11) is 4.29. The van der Waals surface area contributed by atoms with Gasteiger partial charge in [0.15, 0.2) is 0 Å². The van der Waals surface area contributed by atoms with Crippen molar-refractivity contribution in [2.45, 2.75) is 24.7 Å². The van der Waals surface area contributed by atoms with E-state index in [4.69, 9.17) is 4.74 Å². The van der Waals surface area contributed by atoms with Gasteiger partial charge >= 0.3 is 5.97 Å². The number of benzene rings is 1. The predicted octanol–water partition coefficient (Wildman–Crippen LogP) is 3.10. The van der Waals surface area contributed by atoms with Gasteiger partial charge in [0.1, 0.15) is 0 Å². The van der Waals surface area contributed by atoms with Crippen molar-refractivity contribution in [2.75, 3.05) is 66.5 Å². The van der Waals surface area contributed by atoms with Crippen LogP contribution < -0.4 is 0 Å². The lowest BCUT2D eigenvalue weighted by molar-refractivity contribution is -0.153. The lowest BCUT2D eigenvalue weighted by Gasteiger charge is -2.39. The highest BCUT2D eigenvalue weighted by atomic mass is 35.5. The Hall–Kier alpha value is -0.560. The molecule has 1 aromatic rings. The number of likely N-dealkylation sites (tertiary alicyclic amines) is 1. The molecule has 0 aliphatic carbocycles. The number of likely N-dealkylation sites (N-methyl/N-ethyl adjacent to an activating group) is 1. The number of ether oxygens (including phenoxy) is 1. The second kappa shape index (κ2) is 13.7. The normalized spacial score (nSPS) is 19.9. The van der Waals surface area contributed by atoms with Crippen LogP contribution in [0, 0.1) is 0 Å². The second-order valence-corrected chi connectivity index (χ2v) is 7.89. The molecule has 3 rings (SSSR count). The minimum absolute atomic E-state index is 0. The van der Waals surface area contributed by atoms with Crippen LogP contribution in [0.1, 0.15) is 24.8 Å². The molecule has 0 bridgehead atoms. The van der Waals surface area contributed by atoms with Crippen LogP contribution in [-0.2, 0) is 14.9 Å². The molecule has 0 N–H and O–H groups in total. The molecular weight excluding hydrogens is 433 g/mol. The lowest BCUT2D eigenvalue weighted by atomic mass is 9.73. The topological polar surface area (TPSA) is 36.0 Å². The summed E-state index contributed by atoms with van der Waals surface area (Å²) in [5.74, 6) is -0.0322. The fourth-order valence-corrected chi connectivity index (χ4v) is 4.03. The molecule has 8 heteroatoms. The average molecular weight is 469 g/mol. The molecule has 2 fully saturated rings. The average Bonchev–Trinajstić information content (AvgIpc) is 2.68. The van der Waals surface area contributed by atoms with Gasteiger partial charge in [-0.2, -0.15) is 0 Å². The van der Waals surface area contributed by atoms with Crippen LogP contribution in [0.3, 0.4) is 0 Å². The van der Waals surface area contributed by atoms with Gasteiger partial charge in [0.05, 0.1) is 12.0 Å². The highest BCUT2D eigenvalue weighted by Gasteiger charge is 2.43. The Kier molecular flexibility index (Phi) is 13.4. The number of hydrogen-bond acceptors (Lipinski definition) is 5. The summed E-state index contributed by atoms with van der Waals surface area (Å²) in [4.78, 5) is 20.2. The first-order chi connectivity index (χ1) is 12.6. The summed E-state index contributed by atoms with van der Waals surface area (Å²) in [6, 6.07) is 10.2. The van der Waals surface area contributed by atoms with E-state index in [1.807, 2.05) is 18.2 Å². The SMILES string of the molecule is CN1CCN(CCCOC(=O)C2(c3ccccc3)CCN(C)CC2)CC1.Cl.Cl.Cl. The minimum Gasteiger partial charge on any atom is -0.465 e. The van der Waals surface area contributed by atoms with Gasteiger partial charge < -0.3 is 19.4 Å². The third kappa shape index (κ3) is 7.57. The second-order valence-electron chi connectivity index (χ2n) is 7.89. The van der Waals surface area contributed by atoms with Crippen molar-refractivity contribution in [2.24, 2.45) is 0 Å². The maximum absolute atomic E-state index is 13.1. The molecule has 1 aromatic carbocycles. The lowest BCUT2D eigenvalue weighted by Crippen LogP contribution is -2.47. The van der Waals surface area contributed by atoms with E-state index in [-0.39, 0.29) is 43.2 Å². The number of piperidine rings is 1. The fraction of sp³-hybridized carbons (Fsp3) is 0.667. The van der Waals surface area contributed by atoms with Crippen LogP contribution in [0.25, 0.3) is 0 Å². The number of esters is 1. The van der Waals surface area contributed by atoms with Crippen molar-refractivity contribution in [3.63, 3.8) is 0 Å². The molecule has 2 aliphatic heterocycles. The molecule has 0 aromatic heterocycles. The van der Waals surface area contributed by atoms with Crippen LogP contribution >= 0.6 is 37.2 Å². The fourth-order valence-electron chi connectivity index (χ4n) is 4.03. The Balaban J connectivity index is 0.00000261. The molecule has 5 nitrogen and oxygen atoms in total. The maximum atomic E-state index is 13.1. The zero-order valence-corrected chi connectivity index (χ0v) is 20.0. The van der Waals surface area contributed by atoms with Crippen molar-refractivity contribution in [1.29, 1.82) is 0 Å². The van der Waals surface area contributed by atoms with E-state index in [0.717, 1.165) is 70.6 Å². The first kappa shape index (κ1) is 28.4.